The van der Waals surface area contributed by atoms with E-state index in [9.17, 15) is 0 Å². The van der Waals surface area contributed by atoms with Gasteiger partial charge in [0.15, 0.2) is 0 Å². The third-order valence-corrected chi connectivity index (χ3v) is 4.14. The van der Waals surface area contributed by atoms with Crippen molar-refractivity contribution >= 4 is 0 Å². The molecule has 1 aromatic rings. The molecule has 1 aromatic carbocycles. The number of hydrogen-bond acceptors (Lipinski definition) is 0. The first-order valence-electron chi connectivity index (χ1n) is 6.66. The predicted molar refractivity (Wildman–Crippen MR) is 64.5 cm³/mol. The molecule has 2 heteroatoms. The van der Waals surface area contributed by atoms with Gasteiger partial charge in [-0.15, -0.1) is 0 Å². The molecule has 0 amide bonds. The van der Waals surface area contributed by atoms with Gasteiger partial charge >= 0.3 is 0 Å². The standard InChI is InChI=1S/C14H20N2/c1-2-6-14-12-16(11-13(14)5-1)10-9-15-7-3-4-8-15/h1-2,5-6H,3-4,7-12H2/p+2. The first-order valence-corrected chi connectivity index (χ1v) is 6.66. The molecule has 0 spiro atoms. The van der Waals surface area contributed by atoms with E-state index in [2.05, 4.69) is 24.3 Å². The monoisotopic (exact) mass is 218 g/mol. The van der Waals surface area contributed by atoms with Crippen LogP contribution in [0.3, 0.4) is 0 Å². The molecule has 2 N–H and O–H groups in total. The Bertz CT molecular complexity index is 331. The molecule has 86 valence electrons. The molecule has 0 aliphatic carbocycles. The Morgan fingerprint density at radius 1 is 0.812 bits per heavy atom. The van der Waals surface area contributed by atoms with Crippen LogP contribution in [0.25, 0.3) is 0 Å². The van der Waals surface area contributed by atoms with Gasteiger partial charge in [-0.2, -0.15) is 0 Å². The minimum atomic E-state index is 1.25. The summed E-state index contributed by atoms with van der Waals surface area (Å²) in [5, 5.41) is 0. The molecule has 2 nitrogen and oxygen atoms in total. The largest absolute Gasteiger partial charge is 0.330 e. The number of rotatable bonds is 3. The summed E-state index contributed by atoms with van der Waals surface area (Å²) in [5.74, 6) is 0. The molecule has 0 atom stereocenters. The van der Waals surface area contributed by atoms with Gasteiger partial charge in [0.2, 0.25) is 0 Å². The van der Waals surface area contributed by atoms with E-state index in [1.165, 1.54) is 52.1 Å². The number of likely N-dealkylation sites (tertiary alicyclic amines) is 1. The third kappa shape index (κ3) is 2.13. The summed E-state index contributed by atoms with van der Waals surface area (Å²) in [5.41, 5.74) is 3.16. The highest BCUT2D eigenvalue weighted by molar-refractivity contribution is 5.27. The van der Waals surface area contributed by atoms with Crippen molar-refractivity contribution in [3.63, 3.8) is 0 Å². The third-order valence-electron chi connectivity index (χ3n) is 4.14. The Hall–Kier alpha value is -0.860. The molecule has 3 rings (SSSR count). The van der Waals surface area contributed by atoms with E-state index in [-0.39, 0.29) is 0 Å². The van der Waals surface area contributed by atoms with Gasteiger partial charge in [0.1, 0.15) is 26.2 Å². The van der Waals surface area contributed by atoms with Crippen molar-refractivity contribution in [2.75, 3.05) is 26.2 Å². The van der Waals surface area contributed by atoms with Crippen LogP contribution in [-0.2, 0) is 13.1 Å². The summed E-state index contributed by atoms with van der Waals surface area (Å²) in [6.07, 6.45) is 2.90. The first-order chi connectivity index (χ1) is 7.92. The molecule has 0 aromatic heterocycles. The molecule has 0 radical (unpaired) electrons. The Morgan fingerprint density at radius 3 is 2.00 bits per heavy atom. The zero-order valence-electron chi connectivity index (χ0n) is 9.97. The van der Waals surface area contributed by atoms with Gasteiger partial charge in [-0.1, -0.05) is 24.3 Å². The van der Waals surface area contributed by atoms with Crippen LogP contribution < -0.4 is 9.80 Å². The van der Waals surface area contributed by atoms with Crippen LogP contribution in [-0.4, -0.2) is 26.2 Å². The lowest BCUT2D eigenvalue weighted by molar-refractivity contribution is -0.963. The average Bonchev–Trinajstić information content (AvgIpc) is 2.95. The van der Waals surface area contributed by atoms with Gasteiger partial charge < -0.3 is 9.80 Å². The van der Waals surface area contributed by atoms with Gasteiger partial charge in [-0.05, 0) is 0 Å². The highest BCUT2D eigenvalue weighted by atomic mass is 15.2. The Labute approximate surface area is 97.9 Å². The summed E-state index contributed by atoms with van der Waals surface area (Å²) in [6.45, 7) is 8.07. The summed E-state index contributed by atoms with van der Waals surface area (Å²) < 4.78 is 0. The average molecular weight is 218 g/mol. The van der Waals surface area contributed by atoms with Crippen molar-refractivity contribution in [3.05, 3.63) is 35.4 Å². The summed E-state index contributed by atoms with van der Waals surface area (Å²) in [7, 11) is 0. The number of benzene rings is 1. The fraction of sp³-hybridized carbons (Fsp3) is 0.571. The van der Waals surface area contributed by atoms with Crippen molar-refractivity contribution in [3.8, 4) is 0 Å². The van der Waals surface area contributed by atoms with E-state index in [0.29, 0.717) is 0 Å². The van der Waals surface area contributed by atoms with Crippen LogP contribution in [0.1, 0.15) is 24.0 Å². The van der Waals surface area contributed by atoms with Crippen molar-refractivity contribution in [2.24, 2.45) is 0 Å². The van der Waals surface area contributed by atoms with Crippen molar-refractivity contribution in [1.29, 1.82) is 0 Å². The number of fused-ring (bicyclic) bond motifs is 1. The summed E-state index contributed by atoms with van der Waals surface area (Å²) in [4.78, 5) is 3.60. The fourth-order valence-electron chi connectivity index (χ4n) is 3.16. The number of hydrogen-bond donors (Lipinski definition) is 2. The van der Waals surface area contributed by atoms with Crippen LogP contribution in [0.15, 0.2) is 24.3 Å². The van der Waals surface area contributed by atoms with Crippen molar-refractivity contribution in [1.82, 2.24) is 0 Å². The van der Waals surface area contributed by atoms with E-state index in [1.54, 1.807) is 16.0 Å². The molecule has 16 heavy (non-hydrogen) atoms. The molecule has 2 aliphatic rings. The highest BCUT2D eigenvalue weighted by Crippen LogP contribution is 2.10. The van der Waals surface area contributed by atoms with E-state index in [4.69, 9.17) is 0 Å². The van der Waals surface area contributed by atoms with Crippen LogP contribution in [0.4, 0.5) is 0 Å². The van der Waals surface area contributed by atoms with Gasteiger partial charge in [0.25, 0.3) is 0 Å². The van der Waals surface area contributed by atoms with Crippen LogP contribution >= 0.6 is 0 Å². The van der Waals surface area contributed by atoms with E-state index in [0.717, 1.165) is 0 Å². The second kappa shape index (κ2) is 4.56. The second-order valence-corrected chi connectivity index (χ2v) is 5.33. The molecule has 1 saturated heterocycles. The number of nitrogens with one attached hydrogen (secondary N) is 2. The van der Waals surface area contributed by atoms with Gasteiger partial charge in [-0.3, -0.25) is 0 Å². The number of quaternary nitrogens is 2. The molecule has 1 fully saturated rings. The summed E-state index contributed by atoms with van der Waals surface area (Å²) >= 11 is 0. The SMILES string of the molecule is c1ccc2c(c1)C[NH+](CC[NH+]1CCCC1)C2. The Kier molecular flexibility index (Phi) is 2.94. The molecular weight excluding hydrogens is 196 g/mol. The van der Waals surface area contributed by atoms with E-state index in [1.807, 2.05) is 4.90 Å². The molecular formula is C14H22N2+2. The van der Waals surface area contributed by atoms with Crippen LogP contribution in [0, 0.1) is 0 Å². The van der Waals surface area contributed by atoms with Crippen molar-refractivity contribution < 1.29 is 9.80 Å². The summed E-state index contributed by atoms with van der Waals surface area (Å²) in [6, 6.07) is 8.94. The Morgan fingerprint density at radius 2 is 1.38 bits per heavy atom. The molecule has 0 unspecified atom stereocenters. The smallest absolute Gasteiger partial charge is 0.127 e. The lowest BCUT2D eigenvalue weighted by atomic mass is 10.1. The zero-order chi connectivity index (χ0) is 10.8. The van der Waals surface area contributed by atoms with Crippen LogP contribution in [0.2, 0.25) is 0 Å². The van der Waals surface area contributed by atoms with Crippen molar-refractivity contribution in [2.45, 2.75) is 25.9 Å². The van der Waals surface area contributed by atoms with Gasteiger partial charge in [0, 0.05) is 24.0 Å². The maximum Gasteiger partial charge on any atom is 0.127 e. The quantitative estimate of drug-likeness (QED) is 0.661. The molecule has 2 aliphatic heterocycles. The van der Waals surface area contributed by atoms with Gasteiger partial charge in [-0.25, -0.2) is 0 Å². The topological polar surface area (TPSA) is 8.88 Å². The maximum absolute atomic E-state index is 2.30. The minimum absolute atomic E-state index is 1.25. The van der Waals surface area contributed by atoms with Gasteiger partial charge in [0.05, 0.1) is 13.1 Å². The van der Waals surface area contributed by atoms with Crippen LogP contribution in [0.5, 0.6) is 0 Å². The normalized spacial score (nSPS) is 21.5. The fourth-order valence-corrected chi connectivity index (χ4v) is 3.16. The molecule has 0 bridgehead atoms. The van der Waals surface area contributed by atoms with E-state index < -0.39 is 0 Å². The Balaban J connectivity index is 1.52. The maximum atomic E-state index is 2.30. The minimum Gasteiger partial charge on any atom is -0.330 e. The lowest BCUT2D eigenvalue weighted by Gasteiger charge is -2.16. The zero-order valence-corrected chi connectivity index (χ0v) is 9.97. The lowest BCUT2D eigenvalue weighted by Crippen LogP contribution is -3.17. The molecule has 2 heterocycles. The highest BCUT2D eigenvalue weighted by Gasteiger charge is 2.24. The molecule has 0 saturated carbocycles. The van der Waals surface area contributed by atoms with E-state index >= 15 is 0 Å². The predicted octanol–water partition coefficient (Wildman–Crippen LogP) is -0.736. The second-order valence-electron chi connectivity index (χ2n) is 5.33. The first kappa shape index (κ1) is 10.3.